The Hall–Kier alpha value is -3.86. The number of benzene rings is 2. The van der Waals surface area contributed by atoms with Crippen LogP contribution in [0.15, 0.2) is 36.4 Å². The van der Waals surface area contributed by atoms with Crippen LogP contribution in [0.5, 0.6) is 17.2 Å². The van der Waals surface area contributed by atoms with E-state index in [1.54, 1.807) is 0 Å². The SMILES string of the molecule is COc1ccc([N+](=O)[O-])cc1NC(=O)C(=O)N1CCN(Cc2ccc3c(c2)OCO3)CC1. The van der Waals surface area contributed by atoms with Crippen molar-refractivity contribution in [3.63, 3.8) is 0 Å². The molecule has 2 heterocycles. The third-order valence-corrected chi connectivity index (χ3v) is 5.34. The first-order chi connectivity index (χ1) is 15.4. The summed E-state index contributed by atoms with van der Waals surface area (Å²) in [6.45, 7) is 2.91. The van der Waals surface area contributed by atoms with Gasteiger partial charge in [0.1, 0.15) is 5.75 Å². The minimum atomic E-state index is -0.868. The van der Waals surface area contributed by atoms with Gasteiger partial charge in [-0.15, -0.1) is 0 Å². The van der Waals surface area contributed by atoms with Gasteiger partial charge in [-0.3, -0.25) is 24.6 Å². The third kappa shape index (κ3) is 4.57. The van der Waals surface area contributed by atoms with Crippen LogP contribution in [0.3, 0.4) is 0 Å². The van der Waals surface area contributed by atoms with E-state index < -0.39 is 16.7 Å². The van der Waals surface area contributed by atoms with Gasteiger partial charge in [0, 0.05) is 44.9 Å². The van der Waals surface area contributed by atoms with E-state index in [9.17, 15) is 19.7 Å². The number of fused-ring (bicyclic) bond motifs is 1. The number of carbonyl (C=O) groups is 2. The molecule has 11 nitrogen and oxygen atoms in total. The van der Waals surface area contributed by atoms with Crippen LogP contribution in [0.2, 0.25) is 0 Å². The fourth-order valence-corrected chi connectivity index (χ4v) is 3.63. The standard InChI is InChI=1S/C21H22N4O7/c1-30-17-5-3-15(25(28)29)11-16(17)22-20(26)21(27)24-8-6-23(7-9-24)12-14-2-4-18-19(10-14)32-13-31-18/h2-5,10-11H,6-9,12-13H2,1H3,(H,22,26). The molecule has 2 amide bonds. The molecule has 0 saturated carbocycles. The molecule has 2 aliphatic heterocycles. The van der Waals surface area contributed by atoms with Gasteiger partial charge < -0.3 is 24.4 Å². The van der Waals surface area contributed by atoms with Gasteiger partial charge in [0.2, 0.25) is 6.79 Å². The van der Waals surface area contributed by atoms with Crippen LogP contribution in [0, 0.1) is 10.1 Å². The lowest BCUT2D eigenvalue weighted by atomic mass is 10.1. The number of piperazine rings is 1. The van der Waals surface area contributed by atoms with Crippen LogP contribution in [0.25, 0.3) is 0 Å². The smallest absolute Gasteiger partial charge is 0.314 e. The van der Waals surface area contributed by atoms with E-state index in [1.165, 1.54) is 24.1 Å². The molecule has 0 aromatic heterocycles. The fourth-order valence-electron chi connectivity index (χ4n) is 3.63. The van der Waals surface area contributed by atoms with Crippen molar-refractivity contribution in [3.8, 4) is 17.2 Å². The number of rotatable bonds is 5. The molecule has 168 valence electrons. The maximum Gasteiger partial charge on any atom is 0.314 e. The van der Waals surface area contributed by atoms with Crippen LogP contribution in [-0.4, -0.2) is 66.6 Å². The number of carbonyl (C=O) groups excluding carboxylic acids is 2. The Kier molecular flexibility index (Phi) is 6.08. The zero-order valence-electron chi connectivity index (χ0n) is 17.4. The highest BCUT2D eigenvalue weighted by Gasteiger charge is 2.27. The largest absolute Gasteiger partial charge is 0.495 e. The lowest BCUT2D eigenvalue weighted by Gasteiger charge is -2.34. The number of ether oxygens (including phenoxy) is 3. The van der Waals surface area contributed by atoms with Gasteiger partial charge in [-0.1, -0.05) is 6.07 Å². The number of nitro groups is 1. The first-order valence-corrected chi connectivity index (χ1v) is 9.98. The molecule has 0 spiro atoms. The molecule has 1 fully saturated rings. The lowest BCUT2D eigenvalue weighted by Crippen LogP contribution is -2.51. The Bertz CT molecular complexity index is 1050. The summed E-state index contributed by atoms with van der Waals surface area (Å²) in [6, 6.07) is 9.59. The van der Waals surface area contributed by atoms with Crippen molar-refractivity contribution < 1.29 is 28.7 Å². The number of non-ortho nitro benzene ring substituents is 1. The molecule has 0 unspecified atom stereocenters. The molecule has 2 aromatic rings. The van der Waals surface area contributed by atoms with Crippen molar-refractivity contribution in [1.29, 1.82) is 0 Å². The van der Waals surface area contributed by atoms with Crippen molar-refractivity contribution in [2.24, 2.45) is 0 Å². The number of hydrogen-bond donors (Lipinski definition) is 1. The summed E-state index contributed by atoms with van der Waals surface area (Å²) in [6.07, 6.45) is 0. The third-order valence-electron chi connectivity index (χ3n) is 5.34. The Balaban J connectivity index is 1.33. The molecular weight excluding hydrogens is 420 g/mol. The van der Waals surface area contributed by atoms with Gasteiger partial charge in [-0.25, -0.2) is 0 Å². The van der Waals surface area contributed by atoms with Crippen molar-refractivity contribution >= 4 is 23.2 Å². The van der Waals surface area contributed by atoms with Crippen LogP contribution >= 0.6 is 0 Å². The normalized spacial score (nSPS) is 15.3. The highest BCUT2D eigenvalue weighted by Crippen LogP contribution is 2.33. The predicted molar refractivity (Wildman–Crippen MR) is 113 cm³/mol. The molecule has 0 radical (unpaired) electrons. The summed E-state index contributed by atoms with van der Waals surface area (Å²) in [4.78, 5) is 39.1. The average molecular weight is 442 g/mol. The quantitative estimate of drug-likeness (QED) is 0.421. The molecule has 32 heavy (non-hydrogen) atoms. The number of anilines is 1. The van der Waals surface area contributed by atoms with Gasteiger partial charge in [0.05, 0.1) is 17.7 Å². The van der Waals surface area contributed by atoms with Gasteiger partial charge in [-0.05, 0) is 23.8 Å². The molecular formula is C21H22N4O7. The van der Waals surface area contributed by atoms with Gasteiger partial charge in [0.15, 0.2) is 11.5 Å². The minimum absolute atomic E-state index is 0.0708. The molecule has 2 aliphatic rings. The van der Waals surface area contributed by atoms with E-state index >= 15 is 0 Å². The highest BCUT2D eigenvalue weighted by atomic mass is 16.7. The summed E-state index contributed by atoms with van der Waals surface area (Å²) >= 11 is 0. The van der Waals surface area contributed by atoms with Gasteiger partial charge in [0.25, 0.3) is 5.69 Å². The van der Waals surface area contributed by atoms with Crippen molar-refractivity contribution in [2.75, 3.05) is 45.4 Å². The Morgan fingerprint density at radius 3 is 2.56 bits per heavy atom. The number of amides is 2. The number of nitrogens with zero attached hydrogens (tertiary/aromatic N) is 3. The van der Waals surface area contributed by atoms with Crippen molar-refractivity contribution in [2.45, 2.75) is 6.54 Å². The van der Waals surface area contributed by atoms with Crippen LogP contribution < -0.4 is 19.5 Å². The van der Waals surface area contributed by atoms with Crippen molar-refractivity contribution in [3.05, 3.63) is 52.1 Å². The van der Waals surface area contributed by atoms with Crippen LogP contribution in [0.4, 0.5) is 11.4 Å². The topological polar surface area (TPSA) is 123 Å². The van der Waals surface area contributed by atoms with E-state index in [4.69, 9.17) is 14.2 Å². The summed E-state index contributed by atoms with van der Waals surface area (Å²) < 4.78 is 15.8. The van der Waals surface area contributed by atoms with Gasteiger partial charge >= 0.3 is 11.8 Å². The number of hydrogen-bond acceptors (Lipinski definition) is 8. The summed E-state index contributed by atoms with van der Waals surface area (Å²) in [5, 5.41) is 13.4. The molecule has 1 N–H and O–H groups in total. The summed E-state index contributed by atoms with van der Waals surface area (Å²) in [5.41, 5.74) is 0.928. The number of nitrogens with one attached hydrogen (secondary N) is 1. The fraction of sp³-hybridized carbons (Fsp3) is 0.333. The lowest BCUT2D eigenvalue weighted by molar-refractivity contribution is -0.384. The molecule has 1 saturated heterocycles. The molecule has 0 atom stereocenters. The molecule has 0 aliphatic carbocycles. The number of nitro benzene ring substituents is 1. The molecule has 2 aromatic carbocycles. The maximum absolute atomic E-state index is 12.6. The van der Waals surface area contributed by atoms with Crippen molar-refractivity contribution in [1.82, 2.24) is 9.80 Å². The molecule has 11 heteroatoms. The highest BCUT2D eigenvalue weighted by molar-refractivity contribution is 6.39. The summed E-state index contributed by atoms with van der Waals surface area (Å²) in [5.74, 6) is 0.125. The predicted octanol–water partition coefficient (Wildman–Crippen LogP) is 1.61. The van der Waals surface area contributed by atoms with E-state index in [1.807, 2.05) is 18.2 Å². The van der Waals surface area contributed by atoms with Crippen LogP contribution in [-0.2, 0) is 16.1 Å². The van der Waals surface area contributed by atoms with Gasteiger partial charge in [-0.2, -0.15) is 0 Å². The molecule has 0 bridgehead atoms. The monoisotopic (exact) mass is 442 g/mol. The zero-order valence-corrected chi connectivity index (χ0v) is 17.4. The average Bonchev–Trinajstić information content (AvgIpc) is 3.27. The Labute approximate surface area is 183 Å². The van der Waals surface area contributed by atoms with E-state index in [0.717, 1.165) is 23.1 Å². The summed E-state index contributed by atoms with van der Waals surface area (Å²) in [7, 11) is 1.37. The first kappa shape index (κ1) is 21.4. The second-order valence-corrected chi connectivity index (χ2v) is 7.35. The molecule has 4 rings (SSSR count). The number of methoxy groups -OCH3 is 1. The van der Waals surface area contributed by atoms with E-state index in [-0.39, 0.29) is 23.9 Å². The van der Waals surface area contributed by atoms with E-state index in [0.29, 0.717) is 32.7 Å². The Morgan fingerprint density at radius 1 is 1.09 bits per heavy atom. The maximum atomic E-state index is 12.6. The second-order valence-electron chi connectivity index (χ2n) is 7.35. The van der Waals surface area contributed by atoms with E-state index in [2.05, 4.69) is 10.2 Å². The first-order valence-electron chi connectivity index (χ1n) is 9.98. The minimum Gasteiger partial charge on any atom is -0.495 e. The second kappa shape index (κ2) is 9.10. The van der Waals surface area contributed by atoms with Crippen LogP contribution in [0.1, 0.15) is 5.56 Å². The zero-order chi connectivity index (χ0) is 22.7. The Morgan fingerprint density at radius 2 is 1.84 bits per heavy atom.